The average Bonchev–Trinajstić information content (AvgIpc) is 2.49. The summed E-state index contributed by atoms with van der Waals surface area (Å²) in [7, 11) is 0. The van der Waals surface area contributed by atoms with E-state index in [1.807, 2.05) is 24.3 Å². The van der Waals surface area contributed by atoms with E-state index in [0.29, 0.717) is 12.2 Å². The summed E-state index contributed by atoms with van der Waals surface area (Å²) in [6.45, 7) is 2.20. The number of aliphatic hydroxyl groups is 1. The fourth-order valence-electron chi connectivity index (χ4n) is 2.69. The van der Waals surface area contributed by atoms with Crippen molar-refractivity contribution in [3.63, 3.8) is 0 Å². The highest BCUT2D eigenvalue weighted by atomic mass is 16.3. The zero-order chi connectivity index (χ0) is 15.2. The lowest BCUT2D eigenvalue weighted by Crippen LogP contribution is -2.07. The molecule has 3 heteroatoms. The fourth-order valence-corrected chi connectivity index (χ4v) is 2.69. The Bertz CT molecular complexity index is 576. The first-order valence-electron chi connectivity index (χ1n) is 7.34. The molecule has 0 amide bonds. The molecule has 0 aromatic heterocycles. The van der Waals surface area contributed by atoms with Crippen LogP contribution in [0.2, 0.25) is 0 Å². The van der Waals surface area contributed by atoms with Gasteiger partial charge in [-0.1, -0.05) is 25.1 Å². The van der Waals surface area contributed by atoms with E-state index in [4.69, 9.17) is 0 Å². The first kappa shape index (κ1) is 15.4. The van der Waals surface area contributed by atoms with Gasteiger partial charge in [0.15, 0.2) is 0 Å². The lowest BCUT2D eigenvalue weighted by molar-refractivity contribution is 0.275. The van der Waals surface area contributed by atoms with E-state index >= 15 is 0 Å². The van der Waals surface area contributed by atoms with Gasteiger partial charge in [0.25, 0.3) is 0 Å². The van der Waals surface area contributed by atoms with Gasteiger partial charge in [-0.15, -0.1) is 0 Å². The maximum atomic E-state index is 9.59. The number of rotatable bonds is 6. The van der Waals surface area contributed by atoms with Crippen molar-refractivity contribution in [3.8, 4) is 11.5 Å². The van der Waals surface area contributed by atoms with Gasteiger partial charge in [-0.05, 0) is 66.1 Å². The van der Waals surface area contributed by atoms with Crippen molar-refractivity contribution in [2.75, 3.05) is 6.61 Å². The highest BCUT2D eigenvalue weighted by molar-refractivity contribution is 5.37. The first-order valence-corrected chi connectivity index (χ1v) is 7.34. The molecule has 2 aromatic rings. The Balaban J connectivity index is 2.25. The predicted molar refractivity (Wildman–Crippen MR) is 83.7 cm³/mol. The number of phenolic OH excluding ortho intramolecular Hbond substituents is 2. The fraction of sp³-hybridized carbons (Fsp3) is 0.333. The minimum absolute atomic E-state index is 0.130. The van der Waals surface area contributed by atoms with Crippen molar-refractivity contribution < 1.29 is 15.3 Å². The second-order valence-corrected chi connectivity index (χ2v) is 5.31. The van der Waals surface area contributed by atoms with E-state index in [-0.39, 0.29) is 18.3 Å². The molecule has 0 saturated heterocycles. The van der Waals surface area contributed by atoms with Gasteiger partial charge in [0.1, 0.15) is 11.5 Å². The molecule has 0 aliphatic carbocycles. The van der Waals surface area contributed by atoms with Crippen LogP contribution in [-0.2, 0) is 12.8 Å². The summed E-state index contributed by atoms with van der Waals surface area (Å²) in [4.78, 5) is 0. The molecular weight excluding hydrogens is 264 g/mol. The number of aromatic hydroxyl groups is 2. The largest absolute Gasteiger partial charge is 0.508 e. The monoisotopic (exact) mass is 286 g/mol. The van der Waals surface area contributed by atoms with E-state index < -0.39 is 0 Å². The van der Waals surface area contributed by atoms with E-state index in [9.17, 15) is 15.3 Å². The molecule has 0 unspecified atom stereocenters. The summed E-state index contributed by atoms with van der Waals surface area (Å²) >= 11 is 0. The zero-order valence-electron chi connectivity index (χ0n) is 12.3. The summed E-state index contributed by atoms with van der Waals surface area (Å²) in [5.41, 5.74) is 3.44. The van der Waals surface area contributed by atoms with Crippen LogP contribution in [0.1, 0.15) is 36.0 Å². The molecular formula is C18H22O3. The molecule has 0 spiro atoms. The smallest absolute Gasteiger partial charge is 0.115 e. The molecule has 0 aliphatic rings. The molecule has 0 heterocycles. The molecule has 0 aliphatic heterocycles. The number of hydrogen-bond acceptors (Lipinski definition) is 3. The van der Waals surface area contributed by atoms with Gasteiger partial charge in [-0.3, -0.25) is 0 Å². The van der Waals surface area contributed by atoms with Crippen LogP contribution in [0.15, 0.2) is 42.5 Å². The molecule has 0 radical (unpaired) electrons. The summed E-state index contributed by atoms with van der Waals surface area (Å²) in [6, 6.07) is 12.6. The van der Waals surface area contributed by atoms with E-state index in [2.05, 4.69) is 6.92 Å². The molecule has 3 nitrogen and oxygen atoms in total. The van der Waals surface area contributed by atoms with Crippen LogP contribution in [0.25, 0.3) is 0 Å². The highest BCUT2D eigenvalue weighted by Crippen LogP contribution is 2.28. The third-order valence-corrected chi connectivity index (χ3v) is 3.88. The van der Waals surface area contributed by atoms with Crippen molar-refractivity contribution in [2.24, 2.45) is 0 Å². The lowest BCUT2D eigenvalue weighted by atomic mass is 9.87. The maximum absolute atomic E-state index is 9.59. The molecule has 0 saturated carbocycles. The van der Waals surface area contributed by atoms with Gasteiger partial charge >= 0.3 is 0 Å². The Kier molecular flexibility index (Phi) is 5.23. The summed E-state index contributed by atoms with van der Waals surface area (Å²) < 4.78 is 0. The van der Waals surface area contributed by atoms with Crippen molar-refractivity contribution in [3.05, 3.63) is 59.2 Å². The topological polar surface area (TPSA) is 60.7 Å². The Morgan fingerprint density at radius 3 is 2.19 bits per heavy atom. The Hall–Kier alpha value is -2.00. The molecule has 1 atom stereocenters. The first-order chi connectivity index (χ1) is 10.1. The van der Waals surface area contributed by atoms with Gasteiger partial charge < -0.3 is 15.3 Å². The maximum Gasteiger partial charge on any atom is 0.115 e. The highest BCUT2D eigenvalue weighted by Gasteiger charge is 2.14. The second kappa shape index (κ2) is 7.14. The normalized spacial score (nSPS) is 12.3. The third-order valence-electron chi connectivity index (χ3n) is 3.88. The van der Waals surface area contributed by atoms with E-state index in [1.165, 1.54) is 5.56 Å². The molecule has 0 bridgehead atoms. The van der Waals surface area contributed by atoms with Crippen molar-refractivity contribution >= 4 is 0 Å². The standard InChI is InChI=1S/C18H22O3/c1-2-13-12-18(21)8-5-15(13)11-16(9-10-19)14-3-6-17(20)7-4-14/h3-8,12,16,19-21H,2,9-11H2,1H3/t16-/m1/s1. The third kappa shape index (κ3) is 3.99. The van der Waals surface area contributed by atoms with Crippen LogP contribution < -0.4 is 0 Å². The number of benzene rings is 2. The molecule has 2 rings (SSSR count). The molecule has 112 valence electrons. The average molecular weight is 286 g/mol. The Labute approximate surface area is 125 Å². The quantitative estimate of drug-likeness (QED) is 0.763. The number of aryl methyl sites for hydroxylation is 1. The molecule has 3 N–H and O–H groups in total. The minimum Gasteiger partial charge on any atom is -0.508 e. The van der Waals surface area contributed by atoms with Crippen LogP contribution in [0.3, 0.4) is 0 Å². The van der Waals surface area contributed by atoms with Gasteiger partial charge in [0.05, 0.1) is 0 Å². The SMILES string of the molecule is CCc1cc(O)ccc1C[C@@H](CCO)c1ccc(O)cc1. The molecule has 21 heavy (non-hydrogen) atoms. The van der Waals surface area contributed by atoms with Crippen molar-refractivity contribution in [2.45, 2.75) is 32.1 Å². The molecule has 0 fully saturated rings. The number of hydrogen-bond donors (Lipinski definition) is 3. The predicted octanol–water partition coefficient (Wildman–Crippen LogP) is 3.37. The summed E-state index contributed by atoms with van der Waals surface area (Å²) in [6.07, 6.45) is 2.36. The Morgan fingerprint density at radius 1 is 0.905 bits per heavy atom. The van der Waals surface area contributed by atoms with E-state index in [0.717, 1.165) is 24.0 Å². The van der Waals surface area contributed by atoms with Crippen LogP contribution in [0.5, 0.6) is 11.5 Å². The van der Waals surface area contributed by atoms with E-state index in [1.54, 1.807) is 18.2 Å². The van der Waals surface area contributed by atoms with Gasteiger partial charge in [-0.2, -0.15) is 0 Å². The molecule has 2 aromatic carbocycles. The lowest BCUT2D eigenvalue weighted by Gasteiger charge is -2.18. The zero-order valence-corrected chi connectivity index (χ0v) is 12.3. The van der Waals surface area contributed by atoms with Gasteiger partial charge in [0, 0.05) is 6.61 Å². The van der Waals surface area contributed by atoms with Crippen LogP contribution in [0.4, 0.5) is 0 Å². The number of aliphatic hydroxyl groups excluding tert-OH is 1. The van der Waals surface area contributed by atoms with Crippen LogP contribution in [-0.4, -0.2) is 21.9 Å². The van der Waals surface area contributed by atoms with Crippen LogP contribution in [0, 0.1) is 0 Å². The number of phenols is 2. The summed E-state index contributed by atoms with van der Waals surface area (Å²) in [5.74, 6) is 0.741. The minimum atomic E-state index is 0.130. The van der Waals surface area contributed by atoms with Crippen LogP contribution >= 0.6 is 0 Å². The van der Waals surface area contributed by atoms with Crippen molar-refractivity contribution in [1.29, 1.82) is 0 Å². The second-order valence-electron chi connectivity index (χ2n) is 5.31. The van der Waals surface area contributed by atoms with Gasteiger partial charge in [0.2, 0.25) is 0 Å². The summed E-state index contributed by atoms with van der Waals surface area (Å²) in [5, 5.41) is 28.3. The van der Waals surface area contributed by atoms with Crippen molar-refractivity contribution in [1.82, 2.24) is 0 Å². The Morgan fingerprint density at radius 2 is 1.57 bits per heavy atom. The van der Waals surface area contributed by atoms with Gasteiger partial charge in [-0.25, -0.2) is 0 Å².